The molecule has 1 N–H and O–H groups in total. The lowest BCUT2D eigenvalue weighted by Crippen LogP contribution is -2.35. The standard InChI is InChI=1S/C16H18ClN3O3/c17-12-3-1-11(2-4-12)16-19-18-14(23-16)7-8-15(22)20(9-10-21)13-5-6-13/h1-4,13,21H,5-10H2. The lowest BCUT2D eigenvalue weighted by Gasteiger charge is -2.20. The van der Waals surface area contributed by atoms with E-state index >= 15 is 0 Å². The quantitative estimate of drug-likeness (QED) is 0.840. The molecule has 1 fully saturated rings. The predicted molar refractivity (Wildman–Crippen MR) is 84.9 cm³/mol. The van der Waals surface area contributed by atoms with Crippen molar-refractivity contribution in [2.45, 2.75) is 31.7 Å². The van der Waals surface area contributed by atoms with Crippen molar-refractivity contribution in [3.8, 4) is 11.5 Å². The number of carbonyl (C=O) groups excluding carboxylic acids is 1. The van der Waals surface area contributed by atoms with Crippen LogP contribution in [0.5, 0.6) is 0 Å². The summed E-state index contributed by atoms with van der Waals surface area (Å²) in [6, 6.07) is 7.42. The van der Waals surface area contributed by atoms with Crippen LogP contribution in [-0.4, -0.2) is 45.3 Å². The van der Waals surface area contributed by atoms with E-state index in [9.17, 15) is 4.79 Å². The fourth-order valence-electron chi connectivity index (χ4n) is 2.43. The molecule has 1 aromatic carbocycles. The maximum atomic E-state index is 12.2. The number of carbonyl (C=O) groups is 1. The fraction of sp³-hybridized carbons (Fsp3) is 0.438. The molecule has 0 radical (unpaired) electrons. The number of aliphatic hydroxyl groups excluding tert-OH is 1. The molecule has 1 heterocycles. The molecule has 0 bridgehead atoms. The van der Waals surface area contributed by atoms with Gasteiger partial charge in [-0.15, -0.1) is 10.2 Å². The Hall–Kier alpha value is -1.92. The van der Waals surface area contributed by atoms with E-state index < -0.39 is 0 Å². The van der Waals surface area contributed by atoms with Crippen molar-refractivity contribution >= 4 is 17.5 Å². The molecular weight excluding hydrogens is 318 g/mol. The zero-order valence-corrected chi connectivity index (χ0v) is 13.4. The molecule has 1 saturated carbocycles. The first-order valence-electron chi connectivity index (χ1n) is 7.66. The van der Waals surface area contributed by atoms with Crippen molar-refractivity contribution in [3.05, 3.63) is 35.2 Å². The molecule has 7 heteroatoms. The van der Waals surface area contributed by atoms with Gasteiger partial charge in [0.2, 0.25) is 17.7 Å². The van der Waals surface area contributed by atoms with Gasteiger partial charge in [-0.1, -0.05) is 11.6 Å². The molecule has 122 valence electrons. The average Bonchev–Trinajstić information content (AvgIpc) is 3.28. The molecule has 0 atom stereocenters. The number of hydrogen-bond acceptors (Lipinski definition) is 5. The molecule has 1 aliphatic rings. The molecule has 23 heavy (non-hydrogen) atoms. The summed E-state index contributed by atoms with van der Waals surface area (Å²) in [5.41, 5.74) is 0.791. The third-order valence-electron chi connectivity index (χ3n) is 3.76. The fourth-order valence-corrected chi connectivity index (χ4v) is 2.55. The molecule has 0 spiro atoms. The molecule has 0 saturated heterocycles. The van der Waals surface area contributed by atoms with Crippen molar-refractivity contribution in [1.82, 2.24) is 15.1 Å². The van der Waals surface area contributed by atoms with E-state index in [1.165, 1.54) is 0 Å². The second kappa shape index (κ2) is 7.10. The summed E-state index contributed by atoms with van der Waals surface area (Å²) >= 11 is 5.85. The summed E-state index contributed by atoms with van der Waals surface area (Å²) < 4.78 is 5.59. The smallest absolute Gasteiger partial charge is 0.247 e. The highest BCUT2D eigenvalue weighted by atomic mass is 35.5. The lowest BCUT2D eigenvalue weighted by atomic mass is 10.2. The maximum Gasteiger partial charge on any atom is 0.247 e. The van der Waals surface area contributed by atoms with E-state index in [0.29, 0.717) is 42.2 Å². The Labute approximate surface area is 139 Å². The summed E-state index contributed by atoms with van der Waals surface area (Å²) in [4.78, 5) is 14.0. The van der Waals surface area contributed by atoms with Gasteiger partial charge in [0.25, 0.3) is 0 Å². The first-order valence-corrected chi connectivity index (χ1v) is 8.04. The number of halogens is 1. The van der Waals surface area contributed by atoms with Gasteiger partial charge in [0.05, 0.1) is 6.61 Å². The van der Waals surface area contributed by atoms with Crippen LogP contribution < -0.4 is 0 Å². The van der Waals surface area contributed by atoms with E-state index in [4.69, 9.17) is 21.1 Å². The Morgan fingerprint density at radius 3 is 2.70 bits per heavy atom. The van der Waals surface area contributed by atoms with Gasteiger partial charge in [-0.2, -0.15) is 0 Å². The first-order chi connectivity index (χ1) is 11.2. The highest BCUT2D eigenvalue weighted by Gasteiger charge is 2.31. The Bertz CT molecular complexity index is 667. The van der Waals surface area contributed by atoms with E-state index in [-0.39, 0.29) is 12.5 Å². The van der Waals surface area contributed by atoms with E-state index in [1.54, 1.807) is 29.2 Å². The van der Waals surface area contributed by atoms with Crippen LogP contribution in [0.1, 0.15) is 25.2 Å². The third kappa shape index (κ3) is 4.09. The second-order valence-corrected chi connectivity index (χ2v) is 5.99. The van der Waals surface area contributed by atoms with Gasteiger partial charge in [0.15, 0.2) is 0 Å². The van der Waals surface area contributed by atoms with Gasteiger partial charge in [-0.25, -0.2) is 0 Å². The molecule has 6 nitrogen and oxygen atoms in total. The van der Waals surface area contributed by atoms with Crippen LogP contribution in [0.25, 0.3) is 11.5 Å². The van der Waals surface area contributed by atoms with E-state index in [2.05, 4.69) is 10.2 Å². The van der Waals surface area contributed by atoms with Crippen molar-refractivity contribution in [3.63, 3.8) is 0 Å². The number of benzene rings is 1. The number of rotatable bonds is 7. The van der Waals surface area contributed by atoms with Gasteiger partial charge in [0, 0.05) is 36.0 Å². The van der Waals surface area contributed by atoms with Gasteiger partial charge < -0.3 is 14.4 Å². The third-order valence-corrected chi connectivity index (χ3v) is 4.01. The number of aliphatic hydroxyl groups is 1. The van der Waals surface area contributed by atoms with Crippen LogP contribution >= 0.6 is 11.6 Å². The van der Waals surface area contributed by atoms with Crippen LogP contribution in [0.3, 0.4) is 0 Å². The van der Waals surface area contributed by atoms with E-state index in [0.717, 1.165) is 18.4 Å². The van der Waals surface area contributed by atoms with E-state index in [1.807, 2.05) is 0 Å². The molecule has 0 aliphatic heterocycles. The first kappa shape index (κ1) is 16.0. The lowest BCUT2D eigenvalue weighted by molar-refractivity contribution is -0.132. The maximum absolute atomic E-state index is 12.2. The Morgan fingerprint density at radius 1 is 1.30 bits per heavy atom. The molecule has 1 aromatic heterocycles. The van der Waals surface area contributed by atoms with Crippen molar-refractivity contribution < 1.29 is 14.3 Å². The van der Waals surface area contributed by atoms with Crippen molar-refractivity contribution in [2.75, 3.05) is 13.2 Å². The van der Waals surface area contributed by atoms with Crippen LogP contribution in [0.15, 0.2) is 28.7 Å². The normalized spacial score (nSPS) is 14.0. The van der Waals surface area contributed by atoms with Gasteiger partial charge in [0.1, 0.15) is 0 Å². The number of aryl methyl sites for hydroxylation is 1. The van der Waals surface area contributed by atoms with Crippen LogP contribution in [0.4, 0.5) is 0 Å². The van der Waals surface area contributed by atoms with Gasteiger partial charge >= 0.3 is 0 Å². The summed E-state index contributed by atoms with van der Waals surface area (Å²) in [7, 11) is 0. The number of nitrogens with zero attached hydrogens (tertiary/aromatic N) is 3. The largest absolute Gasteiger partial charge is 0.421 e. The average molecular weight is 336 g/mol. The highest BCUT2D eigenvalue weighted by Crippen LogP contribution is 2.27. The summed E-state index contributed by atoms with van der Waals surface area (Å²) in [6.07, 6.45) is 2.74. The topological polar surface area (TPSA) is 79.5 Å². The predicted octanol–water partition coefficient (Wildman–Crippen LogP) is 2.31. The molecule has 1 aliphatic carbocycles. The molecule has 2 aromatic rings. The summed E-state index contributed by atoms with van der Waals surface area (Å²) in [5, 5.41) is 17.7. The monoisotopic (exact) mass is 335 g/mol. The number of hydrogen-bond donors (Lipinski definition) is 1. The number of amides is 1. The summed E-state index contributed by atoms with van der Waals surface area (Å²) in [6.45, 7) is 0.382. The van der Waals surface area contributed by atoms with Crippen LogP contribution in [0.2, 0.25) is 5.02 Å². The van der Waals surface area contributed by atoms with Crippen LogP contribution in [0, 0.1) is 0 Å². The van der Waals surface area contributed by atoms with Crippen molar-refractivity contribution in [2.24, 2.45) is 0 Å². The van der Waals surface area contributed by atoms with Gasteiger partial charge in [-0.05, 0) is 37.1 Å². The SMILES string of the molecule is O=C(CCc1nnc(-c2ccc(Cl)cc2)o1)N(CCO)C1CC1. The second-order valence-electron chi connectivity index (χ2n) is 5.55. The summed E-state index contributed by atoms with van der Waals surface area (Å²) in [5.74, 6) is 0.870. The Morgan fingerprint density at radius 2 is 2.04 bits per heavy atom. The van der Waals surface area contributed by atoms with Crippen molar-refractivity contribution in [1.29, 1.82) is 0 Å². The number of aromatic nitrogens is 2. The Kier molecular flexibility index (Phi) is 4.93. The minimum Gasteiger partial charge on any atom is -0.421 e. The zero-order chi connectivity index (χ0) is 16.2. The minimum atomic E-state index is -0.0104. The van der Waals surface area contributed by atoms with Gasteiger partial charge in [-0.3, -0.25) is 4.79 Å². The molecule has 3 rings (SSSR count). The Balaban J connectivity index is 1.58. The molecule has 0 unspecified atom stereocenters. The molecule has 1 amide bonds. The van der Waals surface area contributed by atoms with Crippen LogP contribution in [-0.2, 0) is 11.2 Å². The molecular formula is C16H18ClN3O3. The zero-order valence-electron chi connectivity index (χ0n) is 12.6. The minimum absolute atomic E-state index is 0.0104. The highest BCUT2D eigenvalue weighted by molar-refractivity contribution is 6.30.